The van der Waals surface area contributed by atoms with Gasteiger partial charge in [-0.1, -0.05) is 26.7 Å². The third-order valence-corrected chi connectivity index (χ3v) is 4.26. The van der Waals surface area contributed by atoms with Gasteiger partial charge in [-0.3, -0.25) is 0 Å². The lowest BCUT2D eigenvalue weighted by atomic mass is 9.79. The first-order chi connectivity index (χ1) is 8.63. The number of rotatable bonds is 8. The summed E-state index contributed by atoms with van der Waals surface area (Å²) in [7, 11) is 3.93. The molecule has 1 rings (SSSR count). The van der Waals surface area contributed by atoms with Gasteiger partial charge >= 0.3 is 0 Å². The highest BCUT2D eigenvalue weighted by Gasteiger charge is 2.23. The molecule has 0 bridgehead atoms. The number of likely N-dealkylation sites (N-methyl/N-ethyl adjacent to an activating group) is 1. The second kappa shape index (κ2) is 8.89. The van der Waals surface area contributed by atoms with E-state index in [0.717, 1.165) is 44.1 Å². The number of methoxy groups -OCH3 is 1. The third-order valence-electron chi connectivity index (χ3n) is 4.26. The lowest BCUT2D eigenvalue weighted by molar-refractivity contribution is 0.159. The van der Waals surface area contributed by atoms with Crippen molar-refractivity contribution in [3.63, 3.8) is 0 Å². The highest BCUT2D eigenvalue weighted by atomic mass is 16.5. The van der Waals surface area contributed by atoms with Crippen LogP contribution in [0.3, 0.4) is 0 Å². The van der Waals surface area contributed by atoms with Crippen LogP contribution in [0.1, 0.15) is 39.5 Å². The summed E-state index contributed by atoms with van der Waals surface area (Å²) in [6.07, 6.45) is 5.58. The van der Waals surface area contributed by atoms with Gasteiger partial charge < -0.3 is 15.0 Å². The molecule has 2 atom stereocenters. The molecule has 0 amide bonds. The number of hydrogen-bond acceptors (Lipinski definition) is 3. The first kappa shape index (κ1) is 15.9. The molecule has 1 aliphatic carbocycles. The van der Waals surface area contributed by atoms with Gasteiger partial charge in [0.1, 0.15) is 0 Å². The molecule has 1 fully saturated rings. The summed E-state index contributed by atoms with van der Waals surface area (Å²) in [5.74, 6) is 1.78. The van der Waals surface area contributed by atoms with Gasteiger partial charge in [-0.2, -0.15) is 0 Å². The normalized spacial score (nSPS) is 25.0. The molecule has 108 valence electrons. The van der Waals surface area contributed by atoms with E-state index in [9.17, 15) is 0 Å². The minimum Gasteiger partial charge on any atom is -0.383 e. The molecule has 0 saturated heterocycles. The second-order valence-electron chi connectivity index (χ2n) is 6.12. The van der Waals surface area contributed by atoms with Gasteiger partial charge in [-0.15, -0.1) is 0 Å². The van der Waals surface area contributed by atoms with Gasteiger partial charge in [0.15, 0.2) is 0 Å². The zero-order chi connectivity index (χ0) is 13.4. The summed E-state index contributed by atoms with van der Waals surface area (Å²) in [4.78, 5) is 2.33. The molecule has 3 nitrogen and oxygen atoms in total. The summed E-state index contributed by atoms with van der Waals surface area (Å²) in [5, 5.41) is 3.73. The molecule has 2 unspecified atom stereocenters. The van der Waals surface area contributed by atoms with Crippen LogP contribution in [0.2, 0.25) is 0 Å². The highest BCUT2D eigenvalue weighted by molar-refractivity contribution is 4.79. The summed E-state index contributed by atoms with van der Waals surface area (Å²) in [6, 6.07) is 0.752. The van der Waals surface area contributed by atoms with E-state index in [0.29, 0.717) is 0 Å². The van der Waals surface area contributed by atoms with E-state index in [-0.39, 0.29) is 0 Å². The third kappa shape index (κ3) is 6.17. The zero-order valence-electron chi connectivity index (χ0n) is 12.7. The van der Waals surface area contributed by atoms with Crippen molar-refractivity contribution < 1.29 is 4.74 Å². The van der Waals surface area contributed by atoms with E-state index in [1.807, 2.05) is 0 Å². The Labute approximate surface area is 113 Å². The van der Waals surface area contributed by atoms with Crippen molar-refractivity contribution >= 4 is 0 Å². The number of nitrogens with one attached hydrogen (secondary N) is 1. The molecule has 0 aromatic rings. The Morgan fingerprint density at radius 3 is 2.72 bits per heavy atom. The molecule has 0 heterocycles. The minimum absolute atomic E-state index is 0.752. The van der Waals surface area contributed by atoms with Crippen LogP contribution in [-0.2, 0) is 4.74 Å². The fraction of sp³-hybridized carbons (Fsp3) is 1.00. The Morgan fingerprint density at radius 1 is 1.28 bits per heavy atom. The maximum Gasteiger partial charge on any atom is 0.0589 e. The average Bonchev–Trinajstić information content (AvgIpc) is 2.36. The molecule has 18 heavy (non-hydrogen) atoms. The predicted molar refractivity (Wildman–Crippen MR) is 78.0 cm³/mol. The van der Waals surface area contributed by atoms with Crippen molar-refractivity contribution in [1.29, 1.82) is 0 Å². The largest absolute Gasteiger partial charge is 0.383 e. The molecule has 1 saturated carbocycles. The van der Waals surface area contributed by atoms with Crippen molar-refractivity contribution in [3.8, 4) is 0 Å². The lowest BCUT2D eigenvalue weighted by Crippen LogP contribution is -2.40. The Morgan fingerprint density at radius 2 is 2.06 bits per heavy atom. The Bertz CT molecular complexity index is 209. The molecule has 1 N–H and O–H groups in total. The van der Waals surface area contributed by atoms with Gasteiger partial charge in [-0.05, 0) is 31.7 Å². The fourth-order valence-corrected chi connectivity index (χ4v) is 2.84. The van der Waals surface area contributed by atoms with Gasteiger partial charge in [0.2, 0.25) is 0 Å². The first-order valence-corrected chi connectivity index (χ1v) is 7.54. The van der Waals surface area contributed by atoms with E-state index in [4.69, 9.17) is 4.74 Å². The minimum atomic E-state index is 0.752. The van der Waals surface area contributed by atoms with E-state index in [1.165, 1.54) is 25.7 Å². The molecule has 0 aromatic heterocycles. The summed E-state index contributed by atoms with van der Waals surface area (Å²) < 4.78 is 5.09. The topological polar surface area (TPSA) is 24.5 Å². The van der Waals surface area contributed by atoms with Crippen molar-refractivity contribution in [2.24, 2.45) is 11.8 Å². The van der Waals surface area contributed by atoms with Crippen molar-refractivity contribution in [3.05, 3.63) is 0 Å². The molecule has 0 aromatic carbocycles. The lowest BCUT2D eigenvalue weighted by Gasteiger charge is -2.32. The van der Waals surface area contributed by atoms with Crippen LogP contribution in [-0.4, -0.2) is 51.3 Å². The quantitative estimate of drug-likeness (QED) is 0.721. The Balaban J connectivity index is 2.11. The standard InChI is InChI=1S/C15H32N2O/c1-13(2)14-6-5-7-15(12-14)16-8-9-17(3)10-11-18-4/h13-16H,5-12H2,1-4H3. The van der Waals surface area contributed by atoms with E-state index in [1.54, 1.807) is 7.11 Å². The van der Waals surface area contributed by atoms with E-state index in [2.05, 4.69) is 31.1 Å². The molecular formula is C15H32N2O. The van der Waals surface area contributed by atoms with Crippen LogP contribution < -0.4 is 5.32 Å². The first-order valence-electron chi connectivity index (χ1n) is 7.54. The van der Waals surface area contributed by atoms with E-state index < -0.39 is 0 Å². The van der Waals surface area contributed by atoms with Gasteiger partial charge in [-0.25, -0.2) is 0 Å². The average molecular weight is 256 g/mol. The Hall–Kier alpha value is -0.120. The van der Waals surface area contributed by atoms with Crippen LogP contribution in [0.15, 0.2) is 0 Å². The van der Waals surface area contributed by atoms with Gasteiger partial charge in [0.25, 0.3) is 0 Å². The molecule has 0 radical (unpaired) electrons. The second-order valence-corrected chi connectivity index (χ2v) is 6.12. The fourth-order valence-electron chi connectivity index (χ4n) is 2.84. The van der Waals surface area contributed by atoms with Crippen LogP contribution in [0.4, 0.5) is 0 Å². The number of nitrogens with zero attached hydrogens (tertiary/aromatic N) is 1. The molecule has 0 aliphatic heterocycles. The van der Waals surface area contributed by atoms with Gasteiger partial charge in [0.05, 0.1) is 6.61 Å². The summed E-state index contributed by atoms with van der Waals surface area (Å²) >= 11 is 0. The SMILES string of the molecule is COCCN(C)CCNC1CCCC(C(C)C)C1. The van der Waals surface area contributed by atoms with Crippen molar-refractivity contribution in [1.82, 2.24) is 10.2 Å². The highest BCUT2D eigenvalue weighted by Crippen LogP contribution is 2.29. The predicted octanol–water partition coefficient (Wildman–Crippen LogP) is 2.37. The smallest absolute Gasteiger partial charge is 0.0589 e. The number of ether oxygens (including phenoxy) is 1. The van der Waals surface area contributed by atoms with Crippen molar-refractivity contribution in [2.75, 3.05) is 40.4 Å². The number of hydrogen-bond donors (Lipinski definition) is 1. The Kier molecular flexibility index (Phi) is 7.87. The van der Waals surface area contributed by atoms with Crippen LogP contribution in [0.5, 0.6) is 0 Å². The van der Waals surface area contributed by atoms with Crippen LogP contribution >= 0.6 is 0 Å². The maximum absolute atomic E-state index is 5.09. The molecule has 0 spiro atoms. The zero-order valence-corrected chi connectivity index (χ0v) is 12.7. The maximum atomic E-state index is 5.09. The van der Waals surface area contributed by atoms with Crippen molar-refractivity contribution in [2.45, 2.75) is 45.6 Å². The monoisotopic (exact) mass is 256 g/mol. The molecule has 3 heteroatoms. The summed E-state index contributed by atoms with van der Waals surface area (Å²) in [5.41, 5.74) is 0. The molecule has 1 aliphatic rings. The van der Waals surface area contributed by atoms with Gasteiger partial charge in [0, 0.05) is 32.8 Å². The van der Waals surface area contributed by atoms with Crippen LogP contribution in [0.25, 0.3) is 0 Å². The van der Waals surface area contributed by atoms with Crippen LogP contribution in [0, 0.1) is 11.8 Å². The summed E-state index contributed by atoms with van der Waals surface area (Å²) in [6.45, 7) is 8.81. The molecular weight excluding hydrogens is 224 g/mol. The van der Waals surface area contributed by atoms with E-state index >= 15 is 0 Å².